The molecule has 0 spiro atoms. The van der Waals surface area contributed by atoms with Crippen LogP contribution in [-0.4, -0.2) is 36.4 Å². The number of unbranched alkanes of at least 4 members (excludes halogenated alkanes) is 18. The monoisotopic (exact) mass is 885 g/mol. The Morgan fingerprint density at radius 2 is 0.625 bits per heavy atom. The number of carbonyl (C=O) groups is 2. The molecule has 0 aliphatic rings. The van der Waals surface area contributed by atoms with Crippen molar-refractivity contribution in [1.29, 1.82) is 0 Å². The molecule has 5 nitrogen and oxygen atoms in total. The third-order valence-electron chi connectivity index (χ3n) is 10.8. The topological polar surface area (TPSA) is 72.8 Å². The Morgan fingerprint density at radius 3 is 0.938 bits per heavy atom. The molecule has 0 aliphatic heterocycles. The first-order valence-corrected chi connectivity index (χ1v) is 26.1. The smallest absolute Gasteiger partial charge is 0.306 e. The molecule has 0 saturated heterocycles. The molecule has 0 aliphatic carbocycles. The molecule has 5 heteroatoms. The molecule has 0 amide bonds. The highest BCUT2D eigenvalue weighted by molar-refractivity contribution is 5.70. The van der Waals surface area contributed by atoms with Gasteiger partial charge in [-0.1, -0.05) is 225 Å². The van der Waals surface area contributed by atoms with E-state index in [2.05, 4.69) is 135 Å². The Morgan fingerprint density at radius 1 is 0.359 bits per heavy atom. The normalized spacial score (nSPS) is 13.2. The molecule has 0 heterocycles. The first-order chi connectivity index (χ1) is 31.6. The number of aliphatic hydroxyl groups is 1. The quantitative estimate of drug-likeness (QED) is 0.0375. The van der Waals surface area contributed by atoms with Crippen molar-refractivity contribution in [2.45, 2.75) is 225 Å². The zero-order valence-electron chi connectivity index (χ0n) is 41.2. The zero-order valence-corrected chi connectivity index (χ0v) is 41.2. The van der Waals surface area contributed by atoms with E-state index in [1.807, 2.05) is 0 Å². The van der Waals surface area contributed by atoms with E-state index < -0.39 is 6.10 Å². The lowest BCUT2D eigenvalue weighted by Gasteiger charge is -2.15. The van der Waals surface area contributed by atoms with Crippen LogP contribution in [0, 0.1) is 0 Å². The van der Waals surface area contributed by atoms with Crippen molar-refractivity contribution in [3.8, 4) is 0 Å². The van der Waals surface area contributed by atoms with E-state index >= 15 is 0 Å². The lowest BCUT2D eigenvalue weighted by molar-refractivity contribution is -0.161. The summed E-state index contributed by atoms with van der Waals surface area (Å²) in [6, 6.07) is 0. The number of esters is 2. The van der Waals surface area contributed by atoms with Crippen LogP contribution < -0.4 is 0 Å². The standard InChI is InChI=1S/C59H96O5/c1-3-5-7-9-11-13-15-17-19-20-21-22-23-24-25-26-27-28-29-30-31-32-33-34-35-36-37-38-40-42-44-46-48-50-52-54-59(62)64-57(55-60)56-63-58(61)53-51-49-47-45-43-41-39-18-16-14-12-10-8-6-4-2/h5-8,11-14,17-19,21-22,24-25,27-28,30-31,39,57,60H,3-4,9-10,15-16,20,23,26,29,32-38,40-56H2,1-2H3/b7-5-,8-6-,13-11-,14-12-,19-17-,22-21-,25-24-,28-27-,31-30-,39-18-. The molecule has 0 radical (unpaired) electrons. The van der Waals surface area contributed by atoms with Crippen molar-refractivity contribution in [1.82, 2.24) is 0 Å². The Balaban J connectivity index is 3.55. The van der Waals surface area contributed by atoms with Gasteiger partial charge in [0.2, 0.25) is 0 Å². The predicted molar refractivity (Wildman–Crippen MR) is 278 cm³/mol. The molecule has 362 valence electrons. The number of aliphatic hydroxyl groups excluding tert-OH is 1. The van der Waals surface area contributed by atoms with Crippen LogP contribution >= 0.6 is 0 Å². The Labute approximate surface area is 394 Å². The zero-order chi connectivity index (χ0) is 46.3. The summed E-state index contributed by atoms with van der Waals surface area (Å²) in [6.07, 6.45) is 78.7. The third kappa shape index (κ3) is 50.9. The van der Waals surface area contributed by atoms with E-state index in [1.54, 1.807) is 0 Å². The number of hydrogen-bond donors (Lipinski definition) is 1. The highest BCUT2D eigenvalue weighted by Gasteiger charge is 2.16. The van der Waals surface area contributed by atoms with Gasteiger partial charge in [0.25, 0.3) is 0 Å². The lowest BCUT2D eigenvalue weighted by Crippen LogP contribution is -2.28. The van der Waals surface area contributed by atoms with Crippen LogP contribution in [0.5, 0.6) is 0 Å². The Kier molecular flexibility index (Phi) is 50.5. The first-order valence-electron chi connectivity index (χ1n) is 26.1. The average molecular weight is 885 g/mol. The Bertz CT molecular complexity index is 1320. The van der Waals surface area contributed by atoms with Gasteiger partial charge < -0.3 is 14.6 Å². The highest BCUT2D eigenvalue weighted by Crippen LogP contribution is 2.15. The number of rotatable bonds is 46. The van der Waals surface area contributed by atoms with Crippen molar-refractivity contribution >= 4 is 11.9 Å². The second-order valence-corrected chi connectivity index (χ2v) is 16.8. The second-order valence-electron chi connectivity index (χ2n) is 16.8. The molecule has 1 atom stereocenters. The maximum Gasteiger partial charge on any atom is 0.306 e. The summed E-state index contributed by atoms with van der Waals surface area (Å²) < 4.78 is 10.7. The molecule has 0 saturated carbocycles. The summed E-state index contributed by atoms with van der Waals surface area (Å²) in [5.41, 5.74) is 0. The molecule has 0 aromatic carbocycles. The third-order valence-corrected chi connectivity index (χ3v) is 10.8. The van der Waals surface area contributed by atoms with Crippen molar-refractivity contribution in [3.63, 3.8) is 0 Å². The molecular weight excluding hydrogens is 789 g/mol. The summed E-state index contributed by atoms with van der Waals surface area (Å²) in [5, 5.41) is 9.62. The minimum absolute atomic E-state index is 0.0809. The number of allylic oxidation sites excluding steroid dienone is 20. The van der Waals surface area contributed by atoms with Crippen LogP contribution in [0.4, 0.5) is 0 Å². The van der Waals surface area contributed by atoms with Crippen LogP contribution in [0.25, 0.3) is 0 Å². The van der Waals surface area contributed by atoms with Crippen LogP contribution in [0.2, 0.25) is 0 Å². The van der Waals surface area contributed by atoms with Crippen molar-refractivity contribution in [2.24, 2.45) is 0 Å². The fraction of sp³-hybridized carbons (Fsp3) is 0.627. The molecule has 0 aromatic heterocycles. The summed E-state index contributed by atoms with van der Waals surface area (Å²) in [4.78, 5) is 24.4. The lowest BCUT2D eigenvalue weighted by atomic mass is 10.0. The van der Waals surface area contributed by atoms with Crippen molar-refractivity contribution < 1.29 is 24.2 Å². The largest absolute Gasteiger partial charge is 0.462 e. The summed E-state index contributed by atoms with van der Waals surface area (Å²) in [7, 11) is 0. The molecule has 0 rings (SSSR count). The van der Waals surface area contributed by atoms with Gasteiger partial charge in [-0.15, -0.1) is 0 Å². The fourth-order valence-corrected chi connectivity index (χ4v) is 6.90. The minimum Gasteiger partial charge on any atom is -0.462 e. The average Bonchev–Trinajstić information content (AvgIpc) is 3.30. The Hall–Kier alpha value is -3.70. The summed E-state index contributed by atoms with van der Waals surface area (Å²) in [5.74, 6) is -0.617. The summed E-state index contributed by atoms with van der Waals surface area (Å²) >= 11 is 0. The van der Waals surface area contributed by atoms with Gasteiger partial charge in [0.05, 0.1) is 6.61 Å². The van der Waals surface area contributed by atoms with Gasteiger partial charge in [0.15, 0.2) is 6.10 Å². The first kappa shape index (κ1) is 60.3. The highest BCUT2D eigenvalue weighted by atomic mass is 16.6. The molecular formula is C59H96O5. The van der Waals surface area contributed by atoms with Crippen LogP contribution in [0.3, 0.4) is 0 Å². The van der Waals surface area contributed by atoms with E-state index in [4.69, 9.17) is 9.47 Å². The van der Waals surface area contributed by atoms with Gasteiger partial charge in [0.1, 0.15) is 6.61 Å². The van der Waals surface area contributed by atoms with E-state index in [9.17, 15) is 14.7 Å². The second kappa shape index (κ2) is 53.6. The molecule has 1 unspecified atom stereocenters. The number of ether oxygens (including phenoxy) is 2. The maximum atomic E-state index is 12.3. The van der Waals surface area contributed by atoms with E-state index in [0.717, 1.165) is 116 Å². The van der Waals surface area contributed by atoms with Crippen LogP contribution in [0.15, 0.2) is 122 Å². The van der Waals surface area contributed by atoms with E-state index in [1.165, 1.54) is 77.0 Å². The van der Waals surface area contributed by atoms with E-state index in [-0.39, 0.29) is 25.2 Å². The molecule has 0 fully saturated rings. The van der Waals surface area contributed by atoms with Gasteiger partial charge in [0, 0.05) is 12.8 Å². The van der Waals surface area contributed by atoms with Gasteiger partial charge in [-0.05, 0) is 103 Å². The van der Waals surface area contributed by atoms with Crippen LogP contribution in [-0.2, 0) is 19.1 Å². The summed E-state index contributed by atoms with van der Waals surface area (Å²) in [6.45, 7) is 3.89. The van der Waals surface area contributed by atoms with Crippen LogP contribution in [0.1, 0.15) is 219 Å². The molecule has 0 bridgehead atoms. The minimum atomic E-state index is -0.787. The predicted octanol–water partition coefficient (Wildman–Crippen LogP) is 17.5. The van der Waals surface area contributed by atoms with Gasteiger partial charge in [-0.3, -0.25) is 9.59 Å². The number of hydrogen-bond acceptors (Lipinski definition) is 5. The molecule has 0 aromatic rings. The van der Waals surface area contributed by atoms with Crippen molar-refractivity contribution in [2.75, 3.05) is 13.2 Å². The van der Waals surface area contributed by atoms with Crippen molar-refractivity contribution in [3.05, 3.63) is 122 Å². The van der Waals surface area contributed by atoms with Gasteiger partial charge in [-0.25, -0.2) is 0 Å². The SMILES string of the molecule is CC/C=C\C/C=C\C/C=C\C/C=C\C/C=C\C/C=C\C/C=C\CCCCCCCCCCCCCCCC(=O)OC(CO)COC(=O)CCCCCCC/C=C\C/C=C\C/C=C\CC. The fourth-order valence-electron chi connectivity index (χ4n) is 6.90. The van der Waals surface area contributed by atoms with E-state index in [0.29, 0.717) is 12.8 Å². The molecule has 64 heavy (non-hydrogen) atoms. The number of carbonyl (C=O) groups excluding carboxylic acids is 2. The maximum absolute atomic E-state index is 12.3. The van der Waals surface area contributed by atoms with Gasteiger partial charge in [-0.2, -0.15) is 0 Å². The van der Waals surface area contributed by atoms with Gasteiger partial charge >= 0.3 is 11.9 Å². The molecule has 1 N–H and O–H groups in total.